The molecule has 0 amide bonds. The largest absolute Gasteiger partial charge is 0.395 e. The fourth-order valence-electron chi connectivity index (χ4n) is 1.08. The van der Waals surface area contributed by atoms with Crippen molar-refractivity contribution in [2.24, 2.45) is 0 Å². The van der Waals surface area contributed by atoms with Crippen molar-refractivity contribution in [2.75, 3.05) is 30.3 Å². The molecule has 15 heavy (non-hydrogen) atoms. The van der Waals surface area contributed by atoms with E-state index >= 15 is 0 Å². The quantitative estimate of drug-likeness (QED) is 0.734. The summed E-state index contributed by atoms with van der Waals surface area (Å²) in [7, 11) is 0. The van der Waals surface area contributed by atoms with Crippen LogP contribution in [0, 0.1) is 0 Å². The molecule has 0 aliphatic carbocycles. The minimum absolute atomic E-state index is 0.0862. The second-order valence-corrected chi connectivity index (χ2v) is 2.86. The molecule has 0 aliphatic rings. The van der Waals surface area contributed by atoms with Crippen molar-refractivity contribution in [1.29, 1.82) is 0 Å². The topological polar surface area (TPSA) is 75.3 Å². The van der Waals surface area contributed by atoms with Crippen LogP contribution in [0.2, 0.25) is 0 Å². The predicted molar refractivity (Wildman–Crippen MR) is 51.7 cm³/mol. The van der Waals surface area contributed by atoms with Gasteiger partial charge in [-0.05, 0) is 0 Å². The molecular weight excluding hydrogens is 206 g/mol. The van der Waals surface area contributed by atoms with Crippen molar-refractivity contribution in [3.63, 3.8) is 0 Å². The first-order valence-electron chi connectivity index (χ1n) is 4.35. The van der Waals surface area contributed by atoms with Crippen molar-refractivity contribution >= 4 is 11.6 Å². The molecule has 0 saturated carbocycles. The lowest BCUT2D eigenvalue weighted by atomic mass is 10.4. The Kier molecular flexibility index (Phi) is 4.17. The lowest BCUT2D eigenvalue weighted by molar-refractivity contribution is 0.152. The van der Waals surface area contributed by atoms with Crippen molar-refractivity contribution in [3.8, 4) is 0 Å². The molecule has 0 fully saturated rings. The molecule has 3 N–H and O–H groups in total. The Bertz CT molecular complexity index is 293. The molecule has 0 atom stereocenters. The van der Waals surface area contributed by atoms with Crippen LogP contribution in [0.3, 0.4) is 0 Å². The number of aliphatic hydroxyl groups excluding tert-OH is 1. The summed E-state index contributed by atoms with van der Waals surface area (Å²) in [6, 6.07) is 0. The Balaban J connectivity index is 2.74. The summed E-state index contributed by atoms with van der Waals surface area (Å²) in [4.78, 5) is 8.83. The maximum Gasteiger partial charge on any atom is 0.255 e. The number of aromatic nitrogens is 2. The van der Waals surface area contributed by atoms with Crippen molar-refractivity contribution in [1.82, 2.24) is 9.97 Å². The van der Waals surface area contributed by atoms with E-state index in [0.29, 0.717) is 0 Å². The first-order valence-corrected chi connectivity index (χ1v) is 4.35. The van der Waals surface area contributed by atoms with Gasteiger partial charge >= 0.3 is 0 Å². The number of rotatable bonds is 5. The van der Waals surface area contributed by atoms with Gasteiger partial charge in [0.15, 0.2) is 0 Å². The fourth-order valence-corrected chi connectivity index (χ4v) is 1.08. The van der Waals surface area contributed by atoms with E-state index in [9.17, 15) is 8.78 Å². The fraction of sp³-hybridized carbons (Fsp3) is 0.500. The van der Waals surface area contributed by atoms with Crippen LogP contribution in [0.15, 0.2) is 12.4 Å². The predicted octanol–water partition coefficient (Wildman–Crippen LogP) is 0.123. The minimum atomic E-state index is -2.49. The minimum Gasteiger partial charge on any atom is -0.395 e. The number of halogens is 2. The summed E-state index contributed by atoms with van der Waals surface area (Å²) in [5.74, 6) is 0.498. The molecule has 84 valence electrons. The van der Waals surface area contributed by atoms with Gasteiger partial charge in [-0.15, -0.1) is 0 Å². The van der Waals surface area contributed by atoms with Crippen LogP contribution in [-0.4, -0.2) is 41.2 Å². The van der Waals surface area contributed by atoms with Gasteiger partial charge in [0.2, 0.25) is 0 Å². The van der Waals surface area contributed by atoms with Gasteiger partial charge in [-0.1, -0.05) is 0 Å². The Labute approximate surface area is 85.6 Å². The van der Waals surface area contributed by atoms with Crippen LogP contribution < -0.4 is 10.6 Å². The van der Waals surface area contributed by atoms with Gasteiger partial charge in [0, 0.05) is 6.54 Å². The zero-order valence-corrected chi connectivity index (χ0v) is 7.98. The first kappa shape index (κ1) is 11.6. The molecule has 7 heteroatoms. The van der Waals surface area contributed by atoms with Gasteiger partial charge in [0.25, 0.3) is 6.43 Å². The molecule has 0 aliphatic heterocycles. The average molecular weight is 218 g/mol. The number of nitrogen functional groups attached to an aromatic ring is 1. The summed E-state index contributed by atoms with van der Waals surface area (Å²) in [5, 5.41) is 8.71. The third kappa shape index (κ3) is 3.62. The summed E-state index contributed by atoms with van der Waals surface area (Å²) >= 11 is 0. The van der Waals surface area contributed by atoms with E-state index in [1.165, 1.54) is 17.3 Å². The third-order valence-electron chi connectivity index (χ3n) is 1.71. The molecule has 0 unspecified atom stereocenters. The Morgan fingerprint density at radius 3 is 2.60 bits per heavy atom. The SMILES string of the molecule is Nc1cnc(N(CCO)CC(F)F)cn1. The molecule has 5 nitrogen and oxygen atoms in total. The molecule has 1 aromatic rings. The highest BCUT2D eigenvalue weighted by Crippen LogP contribution is 2.11. The van der Waals surface area contributed by atoms with E-state index in [1.54, 1.807) is 0 Å². The molecule has 0 aromatic carbocycles. The number of hydrogen-bond acceptors (Lipinski definition) is 5. The second-order valence-electron chi connectivity index (χ2n) is 2.86. The molecule has 0 saturated heterocycles. The summed E-state index contributed by atoms with van der Waals surface area (Å²) in [6.45, 7) is -0.624. The van der Waals surface area contributed by atoms with E-state index in [2.05, 4.69) is 9.97 Å². The van der Waals surface area contributed by atoms with Crippen molar-refractivity contribution in [2.45, 2.75) is 6.43 Å². The van der Waals surface area contributed by atoms with E-state index in [1.807, 2.05) is 0 Å². The average Bonchev–Trinajstić information content (AvgIpc) is 2.17. The summed E-state index contributed by atoms with van der Waals surface area (Å²) < 4.78 is 24.4. The zero-order valence-electron chi connectivity index (χ0n) is 7.98. The standard InChI is InChI=1S/C8H12F2N4O/c9-6(10)5-14(1-2-15)8-4-12-7(11)3-13-8/h3-4,6,15H,1-2,5H2,(H2,11,12). The second kappa shape index (κ2) is 5.40. The molecule has 1 heterocycles. The maximum atomic E-state index is 12.2. The van der Waals surface area contributed by atoms with Crippen LogP contribution in [0.25, 0.3) is 0 Å². The van der Waals surface area contributed by atoms with E-state index in [-0.39, 0.29) is 24.8 Å². The van der Waals surface area contributed by atoms with Crippen LogP contribution in [0.1, 0.15) is 0 Å². The normalized spacial score (nSPS) is 10.7. The summed E-state index contributed by atoms with van der Waals surface area (Å²) in [5.41, 5.74) is 5.31. The number of nitrogens with zero attached hydrogens (tertiary/aromatic N) is 3. The van der Waals surface area contributed by atoms with Crippen LogP contribution >= 0.6 is 0 Å². The van der Waals surface area contributed by atoms with Gasteiger partial charge in [-0.25, -0.2) is 18.7 Å². The molecular formula is C8H12F2N4O. The van der Waals surface area contributed by atoms with Crippen LogP contribution in [-0.2, 0) is 0 Å². The van der Waals surface area contributed by atoms with Gasteiger partial charge in [0.05, 0.1) is 25.5 Å². The number of aliphatic hydroxyl groups is 1. The lowest BCUT2D eigenvalue weighted by Gasteiger charge is -2.21. The van der Waals surface area contributed by atoms with Gasteiger partial charge < -0.3 is 15.7 Å². The number of anilines is 2. The molecule has 1 aromatic heterocycles. The third-order valence-corrected chi connectivity index (χ3v) is 1.71. The summed E-state index contributed by atoms with van der Waals surface area (Å²) in [6.07, 6.45) is 0.0920. The van der Waals surface area contributed by atoms with Crippen molar-refractivity contribution < 1.29 is 13.9 Å². The molecule has 1 rings (SSSR count). The van der Waals surface area contributed by atoms with E-state index in [0.717, 1.165) is 0 Å². The monoisotopic (exact) mass is 218 g/mol. The molecule has 0 spiro atoms. The zero-order chi connectivity index (χ0) is 11.3. The maximum absolute atomic E-state index is 12.2. The Hall–Kier alpha value is -1.50. The molecule has 0 bridgehead atoms. The first-order chi connectivity index (χ1) is 7.13. The highest BCUT2D eigenvalue weighted by atomic mass is 19.3. The van der Waals surface area contributed by atoms with Gasteiger partial charge in [0.1, 0.15) is 11.6 Å². The van der Waals surface area contributed by atoms with Crippen LogP contribution in [0.4, 0.5) is 20.4 Å². The smallest absolute Gasteiger partial charge is 0.255 e. The molecule has 0 radical (unpaired) electrons. The van der Waals surface area contributed by atoms with E-state index in [4.69, 9.17) is 10.8 Å². The number of nitrogens with two attached hydrogens (primary N) is 1. The van der Waals surface area contributed by atoms with Gasteiger partial charge in [-0.2, -0.15) is 0 Å². The van der Waals surface area contributed by atoms with Gasteiger partial charge in [-0.3, -0.25) is 0 Å². The van der Waals surface area contributed by atoms with E-state index < -0.39 is 13.0 Å². The Morgan fingerprint density at radius 2 is 2.13 bits per heavy atom. The lowest BCUT2D eigenvalue weighted by Crippen LogP contribution is -2.32. The highest BCUT2D eigenvalue weighted by Gasteiger charge is 2.13. The Morgan fingerprint density at radius 1 is 1.40 bits per heavy atom. The van der Waals surface area contributed by atoms with Crippen molar-refractivity contribution in [3.05, 3.63) is 12.4 Å². The number of alkyl halides is 2. The number of hydrogen-bond donors (Lipinski definition) is 2. The van der Waals surface area contributed by atoms with Crippen LogP contribution in [0.5, 0.6) is 0 Å². The highest BCUT2D eigenvalue weighted by molar-refractivity contribution is 5.39.